The molecule has 1 atom stereocenters. The normalized spacial score (nSPS) is 12.6. The lowest BCUT2D eigenvalue weighted by molar-refractivity contribution is 0.717. The van der Waals surface area contributed by atoms with Gasteiger partial charge >= 0.3 is 0 Å². The number of fused-ring (bicyclic) bond motifs is 1. The predicted molar refractivity (Wildman–Crippen MR) is 65.9 cm³/mol. The highest BCUT2D eigenvalue weighted by atomic mass is 14.9. The molecule has 1 nitrogen and oxygen atoms in total. The van der Waals surface area contributed by atoms with Crippen LogP contribution in [0.25, 0.3) is 10.8 Å². The second-order valence-corrected chi connectivity index (χ2v) is 3.61. The van der Waals surface area contributed by atoms with Crippen molar-refractivity contribution in [1.82, 2.24) is 5.32 Å². The maximum Gasteiger partial charge on any atom is 0.0501 e. The third-order valence-corrected chi connectivity index (χ3v) is 2.68. The molecule has 2 aromatic carbocycles. The van der Waals surface area contributed by atoms with Gasteiger partial charge in [-0.2, -0.15) is 0 Å². The Morgan fingerprint density at radius 1 is 1.13 bits per heavy atom. The summed E-state index contributed by atoms with van der Waals surface area (Å²) in [7, 11) is 1.95. The Hall–Kier alpha value is -1.60. The van der Waals surface area contributed by atoms with E-state index in [-0.39, 0.29) is 6.04 Å². The van der Waals surface area contributed by atoms with Crippen LogP contribution in [0.2, 0.25) is 0 Å². The zero-order valence-electron chi connectivity index (χ0n) is 8.90. The average Bonchev–Trinajstić information content (AvgIpc) is 2.30. The van der Waals surface area contributed by atoms with E-state index in [1.54, 1.807) is 0 Å². The van der Waals surface area contributed by atoms with Crippen LogP contribution >= 0.6 is 0 Å². The number of benzene rings is 2. The summed E-state index contributed by atoms with van der Waals surface area (Å²) in [5.74, 6) is 0. The molecule has 15 heavy (non-hydrogen) atoms. The Balaban J connectivity index is 2.50. The number of hydrogen-bond donors (Lipinski definition) is 1. The molecular formula is C14H15N. The highest BCUT2D eigenvalue weighted by Crippen LogP contribution is 2.20. The molecule has 0 spiro atoms. The molecular weight excluding hydrogens is 182 g/mol. The molecule has 0 saturated carbocycles. The molecule has 1 unspecified atom stereocenters. The Kier molecular flexibility index (Phi) is 2.84. The summed E-state index contributed by atoms with van der Waals surface area (Å²) in [6.07, 6.45) is 1.92. The van der Waals surface area contributed by atoms with Crippen LogP contribution in [0.3, 0.4) is 0 Å². The standard InChI is InChI=1S/C14H15N/c1-3-14(15-2)13-9-8-11-6-4-5-7-12(11)10-13/h3-10,14-15H,1H2,2H3. The van der Waals surface area contributed by atoms with Gasteiger partial charge in [-0.05, 0) is 29.4 Å². The van der Waals surface area contributed by atoms with Crippen LogP contribution in [-0.2, 0) is 0 Å². The van der Waals surface area contributed by atoms with Crippen molar-refractivity contribution >= 4 is 10.8 Å². The van der Waals surface area contributed by atoms with Crippen molar-refractivity contribution in [2.45, 2.75) is 6.04 Å². The van der Waals surface area contributed by atoms with Gasteiger partial charge in [0.05, 0.1) is 6.04 Å². The molecule has 0 aliphatic heterocycles. The lowest BCUT2D eigenvalue weighted by Gasteiger charge is -2.12. The van der Waals surface area contributed by atoms with Crippen LogP contribution < -0.4 is 5.32 Å². The van der Waals surface area contributed by atoms with E-state index in [0.717, 1.165) is 0 Å². The summed E-state index contributed by atoms with van der Waals surface area (Å²) in [4.78, 5) is 0. The molecule has 0 heterocycles. The fourth-order valence-corrected chi connectivity index (χ4v) is 1.82. The zero-order chi connectivity index (χ0) is 10.7. The van der Waals surface area contributed by atoms with Crippen molar-refractivity contribution in [3.63, 3.8) is 0 Å². The third-order valence-electron chi connectivity index (χ3n) is 2.68. The van der Waals surface area contributed by atoms with Crippen LogP contribution in [0.15, 0.2) is 55.1 Å². The van der Waals surface area contributed by atoms with Crippen molar-refractivity contribution in [2.24, 2.45) is 0 Å². The molecule has 0 saturated heterocycles. The maximum absolute atomic E-state index is 3.83. The molecule has 0 amide bonds. The minimum atomic E-state index is 0.231. The van der Waals surface area contributed by atoms with Crippen LogP contribution in [0.4, 0.5) is 0 Å². The van der Waals surface area contributed by atoms with Gasteiger partial charge in [0.25, 0.3) is 0 Å². The van der Waals surface area contributed by atoms with Gasteiger partial charge in [-0.15, -0.1) is 6.58 Å². The number of nitrogens with one attached hydrogen (secondary N) is 1. The maximum atomic E-state index is 3.83. The second kappa shape index (κ2) is 4.28. The van der Waals surface area contributed by atoms with E-state index >= 15 is 0 Å². The molecule has 0 bridgehead atoms. The van der Waals surface area contributed by atoms with Gasteiger partial charge in [0.1, 0.15) is 0 Å². The topological polar surface area (TPSA) is 12.0 Å². The van der Waals surface area contributed by atoms with Crippen molar-refractivity contribution in [2.75, 3.05) is 7.05 Å². The van der Waals surface area contributed by atoms with E-state index in [4.69, 9.17) is 0 Å². The van der Waals surface area contributed by atoms with Crippen molar-refractivity contribution in [3.05, 3.63) is 60.7 Å². The molecule has 2 rings (SSSR count). The summed E-state index contributed by atoms with van der Waals surface area (Å²) >= 11 is 0. The van der Waals surface area contributed by atoms with Gasteiger partial charge in [-0.3, -0.25) is 0 Å². The average molecular weight is 197 g/mol. The second-order valence-electron chi connectivity index (χ2n) is 3.61. The first-order valence-electron chi connectivity index (χ1n) is 5.13. The summed E-state index contributed by atoms with van der Waals surface area (Å²) in [5.41, 5.74) is 1.26. The molecule has 0 aliphatic carbocycles. The van der Waals surface area contributed by atoms with Crippen molar-refractivity contribution in [3.8, 4) is 0 Å². The van der Waals surface area contributed by atoms with Gasteiger partial charge in [-0.1, -0.05) is 42.5 Å². The van der Waals surface area contributed by atoms with Gasteiger partial charge < -0.3 is 5.32 Å². The number of rotatable bonds is 3. The molecule has 0 aliphatic rings. The van der Waals surface area contributed by atoms with E-state index < -0.39 is 0 Å². The summed E-state index contributed by atoms with van der Waals surface area (Å²) in [6.45, 7) is 3.83. The summed E-state index contributed by atoms with van der Waals surface area (Å²) < 4.78 is 0. The first-order valence-corrected chi connectivity index (χ1v) is 5.13. The number of hydrogen-bond acceptors (Lipinski definition) is 1. The molecule has 0 fully saturated rings. The van der Waals surface area contributed by atoms with E-state index in [0.29, 0.717) is 0 Å². The van der Waals surface area contributed by atoms with Crippen LogP contribution in [0.1, 0.15) is 11.6 Å². The van der Waals surface area contributed by atoms with E-state index in [9.17, 15) is 0 Å². The molecule has 0 radical (unpaired) electrons. The summed E-state index contributed by atoms with van der Waals surface area (Å²) in [5, 5.41) is 5.77. The SMILES string of the molecule is C=CC(NC)c1ccc2ccccc2c1. The minimum absolute atomic E-state index is 0.231. The molecule has 1 heteroatoms. The van der Waals surface area contributed by atoms with Crippen LogP contribution in [-0.4, -0.2) is 7.05 Å². The quantitative estimate of drug-likeness (QED) is 0.744. The first-order chi connectivity index (χ1) is 7.35. The van der Waals surface area contributed by atoms with Crippen LogP contribution in [0.5, 0.6) is 0 Å². The molecule has 2 aromatic rings. The fraction of sp³-hybridized carbons (Fsp3) is 0.143. The van der Waals surface area contributed by atoms with Crippen LogP contribution in [0, 0.1) is 0 Å². The van der Waals surface area contributed by atoms with E-state index in [1.165, 1.54) is 16.3 Å². The Morgan fingerprint density at radius 2 is 1.87 bits per heavy atom. The largest absolute Gasteiger partial charge is 0.310 e. The number of likely N-dealkylation sites (N-methyl/N-ethyl adjacent to an activating group) is 1. The smallest absolute Gasteiger partial charge is 0.0501 e. The highest BCUT2D eigenvalue weighted by molar-refractivity contribution is 5.83. The Labute approximate surface area is 90.4 Å². The fourth-order valence-electron chi connectivity index (χ4n) is 1.82. The van der Waals surface area contributed by atoms with E-state index in [2.05, 4.69) is 54.4 Å². The third kappa shape index (κ3) is 1.92. The molecule has 0 aromatic heterocycles. The molecule has 76 valence electrons. The Bertz CT molecular complexity index is 473. The Morgan fingerprint density at radius 3 is 2.53 bits per heavy atom. The van der Waals surface area contributed by atoms with Crippen molar-refractivity contribution < 1.29 is 0 Å². The lowest BCUT2D eigenvalue weighted by Crippen LogP contribution is -2.13. The summed E-state index contributed by atoms with van der Waals surface area (Å²) in [6, 6.07) is 15.1. The van der Waals surface area contributed by atoms with Crippen molar-refractivity contribution in [1.29, 1.82) is 0 Å². The van der Waals surface area contributed by atoms with Gasteiger partial charge in [0, 0.05) is 0 Å². The van der Waals surface area contributed by atoms with E-state index in [1.807, 2.05) is 13.1 Å². The van der Waals surface area contributed by atoms with Gasteiger partial charge in [-0.25, -0.2) is 0 Å². The predicted octanol–water partition coefficient (Wildman–Crippen LogP) is 3.29. The zero-order valence-corrected chi connectivity index (χ0v) is 8.90. The monoisotopic (exact) mass is 197 g/mol. The molecule has 1 N–H and O–H groups in total. The van der Waals surface area contributed by atoms with Gasteiger partial charge in [0.2, 0.25) is 0 Å². The van der Waals surface area contributed by atoms with Gasteiger partial charge in [0.15, 0.2) is 0 Å². The minimum Gasteiger partial charge on any atom is -0.310 e. The lowest BCUT2D eigenvalue weighted by atomic mass is 10.0. The first kappa shape index (κ1) is 9.94. The highest BCUT2D eigenvalue weighted by Gasteiger charge is 2.04.